The van der Waals surface area contributed by atoms with Gasteiger partial charge < -0.3 is 18.9 Å². The first kappa shape index (κ1) is 20.6. The molecule has 0 aromatic rings. The summed E-state index contributed by atoms with van der Waals surface area (Å²) in [6, 6.07) is 0. The Kier molecular flexibility index (Phi) is 10.1. The van der Waals surface area contributed by atoms with Crippen LogP contribution in [0.15, 0.2) is 0 Å². The van der Waals surface area contributed by atoms with Gasteiger partial charge in [-0.3, -0.25) is 9.36 Å². The van der Waals surface area contributed by atoms with Gasteiger partial charge in [0.15, 0.2) is 5.66 Å². The summed E-state index contributed by atoms with van der Waals surface area (Å²) in [5.74, 6) is -0.626. The lowest BCUT2D eigenvalue weighted by atomic mass is 9.92. The summed E-state index contributed by atoms with van der Waals surface area (Å²) < 4.78 is 28.4. The van der Waals surface area contributed by atoms with Gasteiger partial charge in [-0.05, 0) is 39.0 Å². The minimum atomic E-state index is -3.61. The molecule has 0 aliphatic rings. The molecule has 126 valence electrons. The van der Waals surface area contributed by atoms with Crippen LogP contribution in [0.4, 0.5) is 0 Å². The molecule has 1 N–H and O–H groups in total. The Bertz CT molecular complexity index is 334. The predicted molar refractivity (Wildman–Crippen MR) is 81.3 cm³/mol. The lowest BCUT2D eigenvalue weighted by Crippen LogP contribution is -2.31. The molecular weight excluding hydrogens is 295 g/mol. The zero-order valence-corrected chi connectivity index (χ0v) is 14.6. The summed E-state index contributed by atoms with van der Waals surface area (Å²) in [6.07, 6.45) is 0.213. The number of ether oxygens (including phenoxy) is 1. The Labute approximate surface area is 127 Å². The highest BCUT2D eigenvalue weighted by molar-refractivity contribution is 7.55. The van der Waals surface area contributed by atoms with E-state index in [0.29, 0.717) is 0 Å². The van der Waals surface area contributed by atoms with Crippen LogP contribution in [0, 0.1) is 11.8 Å². The Morgan fingerprint density at radius 3 is 1.95 bits per heavy atom. The van der Waals surface area contributed by atoms with Crippen molar-refractivity contribution in [2.24, 2.45) is 11.8 Å². The van der Waals surface area contributed by atoms with E-state index in [-0.39, 0.29) is 44.7 Å². The van der Waals surface area contributed by atoms with Crippen molar-refractivity contribution in [3.05, 3.63) is 0 Å². The van der Waals surface area contributed by atoms with Crippen LogP contribution in [0.5, 0.6) is 0 Å². The number of carbonyl (C=O) groups excluding carboxylic acids is 1. The summed E-state index contributed by atoms with van der Waals surface area (Å²) >= 11 is 0. The standard InChI is InChI=1S/C14H29O6P/c1-6-18-14(16)13(9-12(10-15)11(4)5)21(17,19-7-2)20-8-3/h11-13,15H,6-10H2,1-5H3/t12-,13?/m1/s1. The molecule has 0 spiro atoms. The second kappa shape index (κ2) is 10.3. The lowest BCUT2D eigenvalue weighted by molar-refractivity contribution is -0.143. The minimum Gasteiger partial charge on any atom is -0.465 e. The molecule has 7 heteroatoms. The summed E-state index contributed by atoms with van der Waals surface area (Å²) in [5, 5.41) is 9.46. The maximum atomic E-state index is 12.9. The van der Waals surface area contributed by atoms with Gasteiger partial charge in [-0.25, -0.2) is 0 Å². The van der Waals surface area contributed by atoms with Gasteiger partial charge in [0.25, 0.3) is 0 Å². The van der Waals surface area contributed by atoms with E-state index >= 15 is 0 Å². The summed E-state index contributed by atoms with van der Waals surface area (Å²) in [4.78, 5) is 12.2. The van der Waals surface area contributed by atoms with Crippen molar-refractivity contribution in [1.82, 2.24) is 0 Å². The minimum absolute atomic E-state index is 0.0914. The van der Waals surface area contributed by atoms with E-state index in [1.807, 2.05) is 13.8 Å². The molecule has 0 saturated carbocycles. The van der Waals surface area contributed by atoms with Crippen molar-refractivity contribution in [3.8, 4) is 0 Å². The smallest absolute Gasteiger partial charge is 0.344 e. The Balaban J connectivity index is 5.36. The number of hydrogen-bond acceptors (Lipinski definition) is 6. The van der Waals surface area contributed by atoms with Crippen LogP contribution in [-0.2, 0) is 23.1 Å². The molecule has 0 aromatic heterocycles. The van der Waals surface area contributed by atoms with Gasteiger partial charge in [-0.15, -0.1) is 0 Å². The number of aliphatic hydroxyl groups is 1. The molecule has 0 heterocycles. The first-order chi connectivity index (χ1) is 9.86. The molecule has 0 amide bonds. The van der Waals surface area contributed by atoms with Crippen molar-refractivity contribution in [1.29, 1.82) is 0 Å². The van der Waals surface area contributed by atoms with Gasteiger partial charge in [0, 0.05) is 6.61 Å². The molecule has 0 rings (SSSR count). The van der Waals surface area contributed by atoms with Crippen molar-refractivity contribution in [2.45, 2.75) is 46.7 Å². The lowest BCUT2D eigenvalue weighted by Gasteiger charge is -2.28. The fraction of sp³-hybridized carbons (Fsp3) is 0.929. The number of aliphatic hydroxyl groups excluding tert-OH is 1. The number of rotatable bonds is 11. The fourth-order valence-electron chi connectivity index (χ4n) is 2.01. The summed E-state index contributed by atoms with van der Waals surface area (Å²) in [7, 11) is -3.61. The topological polar surface area (TPSA) is 82.1 Å². The molecule has 0 bridgehead atoms. The second-order valence-electron chi connectivity index (χ2n) is 5.07. The first-order valence-corrected chi connectivity index (χ1v) is 9.13. The fourth-order valence-corrected chi connectivity index (χ4v) is 4.03. The van der Waals surface area contributed by atoms with Crippen molar-refractivity contribution < 1.29 is 28.3 Å². The third-order valence-electron chi connectivity index (χ3n) is 3.26. The van der Waals surface area contributed by atoms with Crippen LogP contribution >= 0.6 is 7.60 Å². The molecule has 0 radical (unpaired) electrons. The third kappa shape index (κ3) is 6.47. The molecule has 6 nitrogen and oxygen atoms in total. The molecule has 0 aromatic carbocycles. The largest absolute Gasteiger partial charge is 0.465 e. The average Bonchev–Trinajstić information content (AvgIpc) is 2.39. The highest BCUT2D eigenvalue weighted by atomic mass is 31.2. The van der Waals surface area contributed by atoms with Crippen LogP contribution in [0.25, 0.3) is 0 Å². The van der Waals surface area contributed by atoms with E-state index in [0.717, 1.165) is 0 Å². The quantitative estimate of drug-likeness (QED) is 0.465. The van der Waals surface area contributed by atoms with E-state index < -0.39 is 19.2 Å². The molecule has 1 unspecified atom stereocenters. The van der Waals surface area contributed by atoms with E-state index in [1.165, 1.54) is 0 Å². The van der Waals surface area contributed by atoms with Crippen LogP contribution in [0.1, 0.15) is 41.0 Å². The second-order valence-corrected chi connectivity index (χ2v) is 7.29. The highest BCUT2D eigenvalue weighted by Gasteiger charge is 2.43. The SMILES string of the molecule is CCOC(=O)C(C[C@H](CO)C(C)C)P(=O)(OCC)OCC. The predicted octanol–water partition coefficient (Wildman–Crippen LogP) is 2.84. The van der Waals surface area contributed by atoms with Gasteiger partial charge in [-0.2, -0.15) is 0 Å². The zero-order chi connectivity index (χ0) is 16.5. The van der Waals surface area contributed by atoms with Gasteiger partial charge >= 0.3 is 13.6 Å². The highest BCUT2D eigenvalue weighted by Crippen LogP contribution is 2.55. The molecule has 2 atom stereocenters. The summed E-state index contributed by atoms with van der Waals surface area (Å²) in [5.41, 5.74) is -1.00. The van der Waals surface area contributed by atoms with E-state index in [4.69, 9.17) is 13.8 Å². The van der Waals surface area contributed by atoms with Crippen LogP contribution in [0.2, 0.25) is 0 Å². The molecular formula is C14H29O6P. The van der Waals surface area contributed by atoms with Gasteiger partial charge in [0.1, 0.15) is 0 Å². The average molecular weight is 324 g/mol. The molecule has 0 aliphatic heterocycles. The maximum absolute atomic E-state index is 12.9. The normalized spacial score (nSPS) is 15.0. The number of carbonyl (C=O) groups is 1. The summed E-state index contributed by atoms with van der Waals surface area (Å²) in [6.45, 7) is 9.42. The van der Waals surface area contributed by atoms with Crippen molar-refractivity contribution in [2.75, 3.05) is 26.4 Å². The first-order valence-electron chi connectivity index (χ1n) is 7.52. The van der Waals surface area contributed by atoms with Gasteiger partial charge in [-0.1, -0.05) is 13.8 Å². The molecule has 0 aliphatic carbocycles. The van der Waals surface area contributed by atoms with Crippen LogP contribution in [-0.4, -0.2) is 43.2 Å². The molecule has 0 saturated heterocycles. The van der Waals surface area contributed by atoms with Crippen LogP contribution in [0.3, 0.4) is 0 Å². The maximum Gasteiger partial charge on any atom is 0.344 e. The number of esters is 1. The number of hydrogen-bond donors (Lipinski definition) is 1. The van der Waals surface area contributed by atoms with E-state index in [9.17, 15) is 14.5 Å². The van der Waals surface area contributed by atoms with Crippen molar-refractivity contribution in [3.63, 3.8) is 0 Å². The Morgan fingerprint density at radius 2 is 1.62 bits per heavy atom. The Morgan fingerprint density at radius 1 is 1.10 bits per heavy atom. The van der Waals surface area contributed by atoms with E-state index in [2.05, 4.69) is 0 Å². The molecule has 21 heavy (non-hydrogen) atoms. The Hall–Kier alpha value is -0.420. The van der Waals surface area contributed by atoms with Gasteiger partial charge in [0.05, 0.1) is 19.8 Å². The monoisotopic (exact) mass is 324 g/mol. The van der Waals surface area contributed by atoms with E-state index in [1.54, 1.807) is 20.8 Å². The van der Waals surface area contributed by atoms with Crippen LogP contribution < -0.4 is 0 Å². The third-order valence-corrected chi connectivity index (χ3v) is 5.68. The molecule has 0 fully saturated rings. The zero-order valence-electron chi connectivity index (χ0n) is 13.7. The van der Waals surface area contributed by atoms with Gasteiger partial charge in [0.2, 0.25) is 0 Å². The van der Waals surface area contributed by atoms with Crippen molar-refractivity contribution >= 4 is 13.6 Å².